The molecule has 1 N–H and O–H groups in total. The van der Waals surface area contributed by atoms with Crippen molar-refractivity contribution < 1.29 is 49.0 Å². The van der Waals surface area contributed by atoms with Crippen molar-refractivity contribution in [1.82, 2.24) is 0 Å². The normalized spacial score (nSPS) is 10.4. The first kappa shape index (κ1) is 21.1. The van der Waals surface area contributed by atoms with Crippen molar-refractivity contribution in [1.29, 1.82) is 0 Å². The summed E-state index contributed by atoms with van der Waals surface area (Å²) in [5.74, 6) is -17.7. The van der Waals surface area contributed by atoms with Crippen molar-refractivity contribution in [2.45, 2.75) is 6.10 Å². The summed E-state index contributed by atoms with van der Waals surface area (Å²) in [4.78, 5) is 0. The largest absolute Gasteiger partial charge is 0.369 e. The first-order chi connectivity index (χ1) is 13.0. The summed E-state index contributed by atoms with van der Waals surface area (Å²) in [5.41, 5.74) is -3.26. The average Bonchev–Trinajstić information content (AvgIpc) is 2.67. The SMILES string of the molecule is OC(C#Cc1c(F)c(F)c(F)c(F)c1F)C#Cc1c(F)c(F)c(F)c(F)c1F. The van der Waals surface area contributed by atoms with Gasteiger partial charge in [0.15, 0.2) is 52.6 Å². The van der Waals surface area contributed by atoms with Gasteiger partial charge in [-0.15, -0.1) is 0 Å². The van der Waals surface area contributed by atoms with Crippen LogP contribution in [0.2, 0.25) is 0 Å². The van der Waals surface area contributed by atoms with Gasteiger partial charge in [0.2, 0.25) is 11.6 Å². The van der Waals surface area contributed by atoms with E-state index in [9.17, 15) is 49.0 Å². The number of hydrogen-bond acceptors (Lipinski definition) is 1. The molecule has 0 heterocycles. The van der Waals surface area contributed by atoms with Gasteiger partial charge in [0.25, 0.3) is 0 Å². The molecule has 1 nitrogen and oxygen atoms in total. The molecular formula is C17H2F10O. The molecule has 2 aromatic rings. The predicted molar refractivity (Wildman–Crippen MR) is 72.2 cm³/mol. The van der Waals surface area contributed by atoms with Gasteiger partial charge in [0.05, 0.1) is 0 Å². The Morgan fingerprint density at radius 1 is 0.429 bits per heavy atom. The van der Waals surface area contributed by atoms with E-state index in [0.29, 0.717) is 0 Å². The summed E-state index contributed by atoms with van der Waals surface area (Å²) in [5, 5.41) is 9.36. The second kappa shape index (κ2) is 7.82. The van der Waals surface area contributed by atoms with Crippen LogP contribution in [0.5, 0.6) is 0 Å². The molecule has 0 radical (unpaired) electrons. The molecule has 0 aliphatic rings. The van der Waals surface area contributed by atoms with Crippen LogP contribution in [0.1, 0.15) is 11.1 Å². The maximum Gasteiger partial charge on any atom is 0.200 e. The van der Waals surface area contributed by atoms with E-state index in [1.807, 2.05) is 0 Å². The Hall–Kier alpha value is -3.18. The van der Waals surface area contributed by atoms with Gasteiger partial charge in [-0.3, -0.25) is 0 Å². The molecule has 0 aliphatic carbocycles. The summed E-state index contributed by atoms with van der Waals surface area (Å²) < 4.78 is 131. The zero-order valence-corrected chi connectivity index (χ0v) is 12.8. The number of benzene rings is 2. The van der Waals surface area contributed by atoms with Crippen LogP contribution >= 0.6 is 0 Å². The smallest absolute Gasteiger partial charge is 0.200 e. The highest BCUT2D eigenvalue weighted by atomic mass is 19.2. The van der Waals surface area contributed by atoms with Crippen molar-refractivity contribution in [3.05, 3.63) is 69.3 Å². The van der Waals surface area contributed by atoms with Gasteiger partial charge in [-0.05, 0) is 0 Å². The molecular weight excluding hydrogens is 410 g/mol. The third kappa shape index (κ3) is 3.62. The number of hydrogen-bond donors (Lipinski definition) is 1. The topological polar surface area (TPSA) is 20.2 Å². The van der Waals surface area contributed by atoms with E-state index in [1.54, 1.807) is 0 Å². The monoisotopic (exact) mass is 412 g/mol. The Bertz CT molecular complexity index is 956. The van der Waals surface area contributed by atoms with Gasteiger partial charge in [0.1, 0.15) is 11.1 Å². The first-order valence-corrected chi connectivity index (χ1v) is 6.73. The van der Waals surface area contributed by atoms with E-state index in [1.165, 1.54) is 23.7 Å². The second-order valence-electron chi connectivity index (χ2n) is 4.83. The quantitative estimate of drug-likeness (QED) is 0.302. The van der Waals surface area contributed by atoms with Crippen LogP contribution < -0.4 is 0 Å². The molecule has 0 saturated carbocycles. The summed E-state index contributed by atoms with van der Waals surface area (Å²) in [6, 6.07) is 0. The highest BCUT2D eigenvalue weighted by Gasteiger charge is 2.25. The van der Waals surface area contributed by atoms with Crippen LogP contribution in [0, 0.1) is 81.9 Å². The fourth-order valence-electron chi connectivity index (χ4n) is 1.75. The lowest BCUT2D eigenvalue weighted by Gasteiger charge is -2.03. The van der Waals surface area contributed by atoms with Crippen LogP contribution in [0.25, 0.3) is 0 Å². The lowest BCUT2D eigenvalue weighted by Crippen LogP contribution is -2.06. The Morgan fingerprint density at radius 3 is 0.893 bits per heavy atom. The minimum Gasteiger partial charge on any atom is -0.369 e. The zero-order chi connectivity index (χ0) is 21.3. The Kier molecular flexibility index (Phi) is 5.90. The van der Waals surface area contributed by atoms with Gasteiger partial charge in [0, 0.05) is 0 Å². The predicted octanol–water partition coefficient (Wildman–Crippen LogP) is 3.84. The minimum atomic E-state index is -2.45. The number of rotatable bonds is 0. The Morgan fingerprint density at radius 2 is 0.643 bits per heavy atom. The fraction of sp³-hybridized carbons (Fsp3) is 0.0588. The van der Waals surface area contributed by atoms with Crippen LogP contribution in [0.15, 0.2) is 0 Å². The summed E-state index contributed by atoms with van der Waals surface area (Å²) in [6.07, 6.45) is -2.31. The molecule has 2 aromatic carbocycles. The maximum absolute atomic E-state index is 13.4. The van der Waals surface area contributed by atoms with Crippen LogP contribution in [0.3, 0.4) is 0 Å². The van der Waals surface area contributed by atoms with E-state index in [0.717, 1.165) is 0 Å². The van der Waals surface area contributed by atoms with Crippen molar-refractivity contribution in [2.24, 2.45) is 0 Å². The molecule has 0 spiro atoms. The number of aliphatic hydroxyl groups is 1. The molecule has 28 heavy (non-hydrogen) atoms. The molecule has 0 aliphatic heterocycles. The third-order valence-electron chi connectivity index (χ3n) is 3.09. The first-order valence-electron chi connectivity index (χ1n) is 6.73. The highest BCUT2D eigenvalue weighted by molar-refractivity contribution is 5.43. The van der Waals surface area contributed by atoms with Crippen LogP contribution in [-0.2, 0) is 0 Å². The second-order valence-corrected chi connectivity index (χ2v) is 4.83. The molecule has 0 unspecified atom stereocenters. The Balaban J connectivity index is 2.45. The maximum atomic E-state index is 13.4. The minimum absolute atomic E-state index is 1.39. The average molecular weight is 412 g/mol. The molecule has 146 valence electrons. The number of halogens is 10. The van der Waals surface area contributed by atoms with Gasteiger partial charge in [-0.1, -0.05) is 23.7 Å². The fourth-order valence-corrected chi connectivity index (χ4v) is 1.75. The van der Waals surface area contributed by atoms with E-state index in [2.05, 4.69) is 0 Å². The van der Waals surface area contributed by atoms with Gasteiger partial charge in [-0.25, -0.2) is 43.9 Å². The third-order valence-corrected chi connectivity index (χ3v) is 3.09. The van der Waals surface area contributed by atoms with E-state index in [4.69, 9.17) is 0 Å². The summed E-state index contributed by atoms with van der Waals surface area (Å²) in [6.45, 7) is 0. The van der Waals surface area contributed by atoms with Gasteiger partial charge >= 0.3 is 0 Å². The van der Waals surface area contributed by atoms with Gasteiger partial charge < -0.3 is 5.11 Å². The summed E-state index contributed by atoms with van der Waals surface area (Å²) in [7, 11) is 0. The van der Waals surface area contributed by atoms with Crippen molar-refractivity contribution >= 4 is 0 Å². The molecule has 0 atom stereocenters. The van der Waals surface area contributed by atoms with Gasteiger partial charge in [-0.2, -0.15) is 0 Å². The van der Waals surface area contributed by atoms with Crippen molar-refractivity contribution in [3.63, 3.8) is 0 Å². The molecule has 0 amide bonds. The van der Waals surface area contributed by atoms with Crippen LogP contribution in [0.4, 0.5) is 43.9 Å². The lowest BCUT2D eigenvalue weighted by molar-refractivity contribution is 0.289. The zero-order valence-electron chi connectivity index (χ0n) is 12.8. The lowest BCUT2D eigenvalue weighted by atomic mass is 10.1. The molecule has 0 bridgehead atoms. The van der Waals surface area contributed by atoms with E-state index in [-0.39, 0.29) is 0 Å². The van der Waals surface area contributed by atoms with Crippen molar-refractivity contribution in [3.8, 4) is 23.7 Å². The molecule has 11 heteroatoms. The van der Waals surface area contributed by atoms with Crippen molar-refractivity contribution in [2.75, 3.05) is 0 Å². The highest BCUT2D eigenvalue weighted by Crippen LogP contribution is 2.23. The number of aliphatic hydroxyl groups excluding tert-OH is 1. The standard InChI is InChI=1S/C17H2F10O/c18-8-6(9(19)13(23)16(26)12(8)22)3-1-5(28)2-4-7-10(20)14(24)17(27)15(25)11(7)21/h5,28H. The van der Waals surface area contributed by atoms with E-state index >= 15 is 0 Å². The van der Waals surface area contributed by atoms with E-state index < -0.39 is 75.4 Å². The molecule has 0 aromatic heterocycles. The summed E-state index contributed by atoms with van der Waals surface area (Å²) >= 11 is 0. The molecule has 0 fully saturated rings. The van der Waals surface area contributed by atoms with Crippen LogP contribution in [-0.4, -0.2) is 11.2 Å². The molecule has 2 rings (SSSR count). The molecule has 0 saturated heterocycles. The Labute approximate surface area is 149 Å².